The van der Waals surface area contributed by atoms with Crippen LogP contribution >= 0.6 is 15.8 Å². The molecule has 50 heavy (non-hydrogen) atoms. The Morgan fingerprint density at radius 2 is 0.960 bits per heavy atom. The fourth-order valence-electron chi connectivity index (χ4n) is 23.4. The molecule has 10 fully saturated rings. The monoisotopic (exact) mass is 743 g/mol. The van der Waals surface area contributed by atoms with Crippen LogP contribution in [0.1, 0.15) is 29.2 Å². The van der Waals surface area contributed by atoms with E-state index in [-0.39, 0.29) is 0 Å². The third-order valence-corrected chi connectivity index (χ3v) is 75.1. The Labute approximate surface area is 291 Å². The minimum atomic E-state index is -4.00. The van der Waals surface area contributed by atoms with Crippen LogP contribution in [0.15, 0.2) is 84.9 Å². The average molecular weight is 744 g/mol. The van der Waals surface area contributed by atoms with Gasteiger partial charge in [-0.05, 0) is 14.1 Å². The zero-order chi connectivity index (χ0) is 34.5. The molecule has 0 saturated carbocycles. The van der Waals surface area contributed by atoms with E-state index in [0.29, 0.717) is 8.37 Å². The van der Waals surface area contributed by atoms with Gasteiger partial charge >= 0.3 is 273 Å². The Hall–Kier alpha value is -2.18. The van der Waals surface area contributed by atoms with Gasteiger partial charge < -0.3 is 5.32 Å². The molecule has 5 unspecified atom stereocenters. The summed E-state index contributed by atoms with van der Waals surface area (Å²) < 4.78 is 12.8. The first-order valence-electron chi connectivity index (χ1n) is 18.7. The van der Waals surface area contributed by atoms with Crippen LogP contribution in [0.5, 0.6) is 11.5 Å². The molecule has 6 heteroatoms. The van der Waals surface area contributed by atoms with Gasteiger partial charge in [0.25, 0.3) is 0 Å². The van der Waals surface area contributed by atoms with E-state index in [2.05, 4.69) is 125 Å². The van der Waals surface area contributed by atoms with Crippen molar-refractivity contribution in [2.45, 2.75) is 87.2 Å². The molecule has 1 N–H and O–H groups in total. The van der Waals surface area contributed by atoms with E-state index in [1.165, 1.54) is 60.8 Å². The topological polar surface area (TPSA) is 30.5 Å². The number of aryl methyl sites for hydroxylation is 4. The molecule has 0 amide bonds. The molecule has 0 aromatic heterocycles. The number of fused-ring (bicyclic) bond motifs is 10. The first-order chi connectivity index (χ1) is 23.9. The molecule has 10 aliphatic rings. The SMILES string of the molecule is CNC.COc1ccc(P(c2ccc(OC)cc2)[C]23[CH]4[CH]5[CH]6[C@]2(C(C)P(c2cc(C)cc(C)c2)c2cc(C)cc(C)c2)[Fe]54632789[CH]3[CH]2[CH]7[CH]8[CH]39)cc1. The second-order valence-electron chi connectivity index (χ2n) is 19.7. The third-order valence-electron chi connectivity index (χ3n) is 21.8. The van der Waals surface area contributed by atoms with Crippen molar-refractivity contribution >= 4 is 37.1 Å². The molecular weight excluding hydrogens is 692 g/mol. The molecule has 14 rings (SSSR count). The molecule has 10 saturated heterocycles. The van der Waals surface area contributed by atoms with Crippen molar-refractivity contribution < 1.29 is 16.0 Å². The molecular formula is C44H51FeNO2P2. The van der Waals surface area contributed by atoms with Gasteiger partial charge in [-0.25, -0.2) is 0 Å². The molecule has 10 aliphatic heterocycles. The summed E-state index contributed by atoms with van der Waals surface area (Å²) in [6.07, 6.45) is 0. The number of benzene rings is 4. The van der Waals surface area contributed by atoms with E-state index in [1.54, 1.807) is 21.2 Å². The second-order valence-corrected chi connectivity index (χ2v) is 48.3. The zero-order valence-corrected chi connectivity index (χ0v) is 33.7. The summed E-state index contributed by atoms with van der Waals surface area (Å²) in [6.45, 7) is 8.17. The Bertz CT molecular complexity index is 2440. The van der Waals surface area contributed by atoms with Gasteiger partial charge in [-0.3, -0.25) is 0 Å². The van der Waals surface area contributed by atoms with Crippen molar-refractivity contribution in [3.05, 3.63) is 107 Å². The Kier molecular flexibility index (Phi) is 3.17. The summed E-state index contributed by atoms with van der Waals surface area (Å²) in [7, 11) is 6.41. The van der Waals surface area contributed by atoms with Crippen LogP contribution in [0.25, 0.3) is 0 Å². The average Bonchev–Trinajstić information content (AvgIpc) is 4.04. The molecule has 1 spiro atoms. The Balaban J connectivity index is 0.000000888. The molecule has 0 radical (unpaired) electrons. The molecule has 6 atom stereocenters. The van der Waals surface area contributed by atoms with Crippen molar-refractivity contribution in [1.82, 2.24) is 5.32 Å². The van der Waals surface area contributed by atoms with Gasteiger partial charge in [-0.2, -0.15) is 0 Å². The van der Waals surface area contributed by atoms with Crippen LogP contribution in [-0.4, -0.2) is 38.0 Å². The number of ether oxygens (including phenoxy) is 2. The summed E-state index contributed by atoms with van der Waals surface area (Å²) >= 11 is 0. The quantitative estimate of drug-likeness (QED) is 0.137. The van der Waals surface area contributed by atoms with E-state index in [1.807, 2.05) is 28.3 Å². The van der Waals surface area contributed by atoms with Gasteiger partial charge in [0.15, 0.2) is 0 Å². The maximum absolute atomic E-state index is 5.72. The molecule has 0 aliphatic carbocycles. The Morgan fingerprint density at radius 3 is 1.28 bits per heavy atom. The second kappa shape index (κ2) is 5.41. The third kappa shape index (κ3) is 0.991. The van der Waals surface area contributed by atoms with Crippen molar-refractivity contribution in [3.63, 3.8) is 0 Å². The number of rotatable bonds is 9. The van der Waals surface area contributed by atoms with Crippen LogP contribution in [0.3, 0.4) is 0 Å². The first-order valence-corrected chi connectivity index (χ1v) is 27.7. The number of methoxy groups -OCH3 is 2. The predicted molar refractivity (Wildman–Crippen MR) is 210 cm³/mol. The van der Waals surface area contributed by atoms with E-state index in [0.717, 1.165) is 17.2 Å². The first kappa shape index (κ1) is 29.3. The number of nitrogens with one attached hydrogen (secondary N) is 1. The van der Waals surface area contributed by atoms with Crippen molar-refractivity contribution in [2.24, 2.45) is 0 Å². The van der Waals surface area contributed by atoms with Gasteiger partial charge in [-0.1, -0.05) is 0 Å². The van der Waals surface area contributed by atoms with Crippen LogP contribution in [0.4, 0.5) is 0 Å². The zero-order valence-electron chi connectivity index (χ0n) is 30.8. The standard InChI is InChI=1S/C37H39O2P2.C5H5.C2H7N.Fe/c1-25-19-26(2)22-34(21-25)40(35-23-27(3)20-28(4)24-35)29(5)36-9-8-10-37(36)41(32-15-11-30(38-6)12-16-32)33-17-13-31(39-7)14-18-33;1-2-4-5-3-1;1-3-2;/h8-24,29H,1-7H3;1-5H;3H,1-2H3;. The van der Waals surface area contributed by atoms with E-state index in [9.17, 15) is 0 Å². The fourth-order valence-corrected chi connectivity index (χ4v) is 121. The summed E-state index contributed by atoms with van der Waals surface area (Å²) in [5, 5.41) is 9.32. The fraction of sp³-hybridized carbons (Fsp3) is 0.455. The van der Waals surface area contributed by atoms with Gasteiger partial charge in [0, 0.05) is 0 Å². The van der Waals surface area contributed by atoms with Crippen molar-refractivity contribution in [3.8, 4) is 11.5 Å². The van der Waals surface area contributed by atoms with Gasteiger partial charge in [0.05, 0.1) is 0 Å². The van der Waals surface area contributed by atoms with Crippen LogP contribution in [0, 0.1) is 27.7 Å². The summed E-state index contributed by atoms with van der Waals surface area (Å²) in [5.41, 5.74) is 6.49. The Morgan fingerprint density at radius 1 is 0.580 bits per heavy atom. The van der Waals surface area contributed by atoms with Crippen molar-refractivity contribution in [2.75, 3.05) is 28.3 Å². The molecule has 3 nitrogen and oxygen atoms in total. The molecule has 4 aromatic rings. The summed E-state index contributed by atoms with van der Waals surface area (Å²) in [5.74, 6) is 1.97. The van der Waals surface area contributed by atoms with Gasteiger partial charge in [0.2, 0.25) is 0 Å². The van der Waals surface area contributed by atoms with Crippen LogP contribution < -0.4 is 36.0 Å². The predicted octanol–water partition coefficient (Wildman–Crippen LogP) is 9.39. The van der Waals surface area contributed by atoms with Crippen LogP contribution in [-0.2, 0) is 6.51 Å². The summed E-state index contributed by atoms with van der Waals surface area (Å²) in [4.78, 5) is 9.77. The van der Waals surface area contributed by atoms with Gasteiger partial charge in [-0.15, -0.1) is 0 Å². The van der Waals surface area contributed by atoms with Crippen LogP contribution in [0.2, 0.25) is 42.8 Å². The number of hydrogen-bond donors (Lipinski definition) is 1. The van der Waals surface area contributed by atoms with Gasteiger partial charge in [0.1, 0.15) is 0 Å². The number of hydrogen-bond acceptors (Lipinski definition) is 3. The van der Waals surface area contributed by atoms with E-state index < -0.39 is 22.4 Å². The minimum absolute atomic E-state index is 0.472. The molecule has 4 aromatic carbocycles. The summed E-state index contributed by atoms with van der Waals surface area (Å²) in [6, 6.07) is 34.2. The molecule has 0 bridgehead atoms. The normalized spacial score (nSPS) is 50.1. The molecule has 262 valence electrons. The van der Waals surface area contributed by atoms with Crippen molar-refractivity contribution in [1.29, 1.82) is 0 Å². The van der Waals surface area contributed by atoms with E-state index >= 15 is 0 Å². The van der Waals surface area contributed by atoms with E-state index in [4.69, 9.17) is 9.47 Å². The molecule has 10 heterocycles. The maximum atomic E-state index is 5.72.